The first-order chi connectivity index (χ1) is 16.3. The van der Waals surface area contributed by atoms with Gasteiger partial charge < -0.3 is 15.2 Å². The Morgan fingerprint density at radius 2 is 1.64 bits per heavy atom. The summed E-state index contributed by atoms with van der Waals surface area (Å²) in [5.74, 6) is 0.802. The van der Waals surface area contributed by atoms with Gasteiger partial charge in [0.05, 0.1) is 11.9 Å². The maximum Gasteiger partial charge on any atom is 0.144 e. The lowest BCUT2D eigenvalue weighted by Gasteiger charge is -2.26. The van der Waals surface area contributed by atoms with Crippen LogP contribution < -0.4 is 9.62 Å². The minimum atomic E-state index is -0.555. The van der Waals surface area contributed by atoms with Crippen LogP contribution in [0.25, 0.3) is 0 Å². The molecule has 1 aliphatic heterocycles. The fourth-order valence-electron chi connectivity index (χ4n) is 4.37. The monoisotopic (exact) mass is 458 g/mol. The molecule has 3 aromatic rings. The van der Waals surface area contributed by atoms with Gasteiger partial charge in [-0.3, -0.25) is 4.31 Å². The number of para-hydroxylation sites is 1. The molecule has 0 spiro atoms. The SMILES string of the molecule is OC(CNC1CCc2ccccc2C1)COC1=CN(c2ccccc2)S(c2ccccc2)=C1. The minimum Gasteiger partial charge on any atom is -0.489 e. The molecule has 2 N–H and O–H groups in total. The van der Waals surface area contributed by atoms with Crippen molar-refractivity contribution in [3.63, 3.8) is 0 Å². The molecule has 0 amide bonds. The van der Waals surface area contributed by atoms with Crippen LogP contribution in [-0.4, -0.2) is 35.8 Å². The number of anilines is 1. The number of benzene rings is 3. The number of aliphatic hydroxyl groups is 1. The Hall–Kier alpha value is -2.86. The van der Waals surface area contributed by atoms with Crippen LogP contribution in [0.2, 0.25) is 0 Å². The minimum absolute atomic E-state index is 0.259. The van der Waals surface area contributed by atoms with Gasteiger partial charge in [0.25, 0.3) is 0 Å². The second-order valence-corrected chi connectivity index (χ2v) is 10.2. The summed E-state index contributed by atoms with van der Waals surface area (Å²) in [5.41, 5.74) is 4.01. The van der Waals surface area contributed by atoms with Gasteiger partial charge in [0.2, 0.25) is 0 Å². The highest BCUT2D eigenvalue weighted by Gasteiger charge is 2.21. The molecule has 1 aliphatic carbocycles. The van der Waals surface area contributed by atoms with Gasteiger partial charge in [-0.2, -0.15) is 0 Å². The van der Waals surface area contributed by atoms with Gasteiger partial charge in [-0.25, -0.2) is 0 Å². The van der Waals surface area contributed by atoms with Crippen LogP contribution in [0.1, 0.15) is 17.5 Å². The van der Waals surface area contributed by atoms with E-state index in [0.29, 0.717) is 12.6 Å². The maximum absolute atomic E-state index is 10.6. The lowest BCUT2D eigenvalue weighted by molar-refractivity contribution is 0.0757. The molecule has 0 saturated carbocycles. The normalized spacial score (nSPS) is 20.5. The molecule has 0 bridgehead atoms. The second kappa shape index (κ2) is 10.4. The van der Waals surface area contributed by atoms with E-state index in [2.05, 4.69) is 75.7 Å². The van der Waals surface area contributed by atoms with E-state index >= 15 is 0 Å². The summed E-state index contributed by atoms with van der Waals surface area (Å²) < 4.78 is 8.29. The number of rotatable bonds is 8. The Morgan fingerprint density at radius 1 is 0.939 bits per heavy atom. The predicted octanol–water partition coefficient (Wildman–Crippen LogP) is 4.92. The van der Waals surface area contributed by atoms with E-state index in [1.54, 1.807) is 0 Å². The molecule has 1 heterocycles. The number of fused-ring (bicyclic) bond motifs is 1. The van der Waals surface area contributed by atoms with E-state index in [-0.39, 0.29) is 17.3 Å². The average Bonchev–Trinajstić information content (AvgIpc) is 3.31. The first kappa shape index (κ1) is 22.0. The summed E-state index contributed by atoms with van der Waals surface area (Å²) in [5, 5.41) is 16.3. The van der Waals surface area contributed by atoms with Gasteiger partial charge in [0.1, 0.15) is 18.5 Å². The van der Waals surface area contributed by atoms with E-state index < -0.39 is 6.10 Å². The standard InChI is InChI=1S/C28H30N2O2S/c31-26(18-29-24-16-15-22-9-7-8-10-23(22)17-24)20-32-27-19-30(25-11-3-1-4-12-25)33(21-27)28-13-5-2-6-14-28/h1-14,19,21,24,26,29,31H,15-18,20H2. The Bertz CT molecular complexity index is 1130. The highest BCUT2D eigenvalue weighted by atomic mass is 32.2. The van der Waals surface area contributed by atoms with E-state index in [0.717, 1.165) is 30.7 Å². The first-order valence-corrected chi connectivity index (χ1v) is 12.8. The smallest absolute Gasteiger partial charge is 0.144 e. The fourth-order valence-corrected chi connectivity index (χ4v) is 6.20. The zero-order chi connectivity index (χ0) is 22.5. The number of allylic oxidation sites excluding steroid dienone is 1. The van der Waals surface area contributed by atoms with Crippen LogP contribution >= 0.6 is 10.7 Å². The molecule has 3 atom stereocenters. The number of hydrogen-bond donors (Lipinski definition) is 2. The van der Waals surface area contributed by atoms with Crippen LogP contribution in [0.4, 0.5) is 5.69 Å². The maximum atomic E-state index is 10.6. The number of hydrogen-bond acceptors (Lipinski definition) is 4. The zero-order valence-electron chi connectivity index (χ0n) is 18.6. The molecule has 170 valence electrons. The van der Waals surface area contributed by atoms with Crippen molar-refractivity contribution < 1.29 is 9.84 Å². The van der Waals surface area contributed by atoms with Crippen molar-refractivity contribution in [1.82, 2.24) is 5.32 Å². The molecule has 3 unspecified atom stereocenters. The molecule has 5 rings (SSSR count). The van der Waals surface area contributed by atoms with E-state index in [1.807, 2.05) is 30.5 Å². The lowest BCUT2D eigenvalue weighted by Crippen LogP contribution is -2.40. The Morgan fingerprint density at radius 3 is 2.42 bits per heavy atom. The number of nitrogens with zero attached hydrogens (tertiary/aromatic N) is 1. The van der Waals surface area contributed by atoms with Crippen molar-refractivity contribution in [3.8, 4) is 0 Å². The molecule has 4 nitrogen and oxygen atoms in total. The molecular weight excluding hydrogens is 428 g/mol. The summed E-state index contributed by atoms with van der Waals surface area (Å²) in [6.45, 7) is 0.806. The second-order valence-electron chi connectivity index (χ2n) is 8.52. The number of nitrogens with one attached hydrogen (secondary N) is 1. The van der Waals surface area contributed by atoms with Gasteiger partial charge in [0, 0.05) is 22.8 Å². The molecule has 0 saturated heterocycles. The van der Waals surface area contributed by atoms with Crippen molar-refractivity contribution in [2.75, 3.05) is 17.5 Å². The van der Waals surface area contributed by atoms with Gasteiger partial charge >= 0.3 is 0 Å². The molecule has 2 aliphatic rings. The van der Waals surface area contributed by atoms with Gasteiger partial charge in [0.15, 0.2) is 0 Å². The van der Waals surface area contributed by atoms with Crippen molar-refractivity contribution >= 4 is 21.7 Å². The van der Waals surface area contributed by atoms with Crippen molar-refractivity contribution in [2.45, 2.75) is 36.3 Å². The van der Waals surface area contributed by atoms with E-state index in [9.17, 15) is 5.11 Å². The van der Waals surface area contributed by atoms with Crippen LogP contribution in [0.3, 0.4) is 0 Å². The fraction of sp³-hybridized carbons (Fsp3) is 0.250. The van der Waals surface area contributed by atoms with Crippen LogP contribution in [-0.2, 0) is 17.6 Å². The molecule has 3 aromatic carbocycles. The number of aryl methyl sites for hydroxylation is 1. The lowest BCUT2D eigenvalue weighted by atomic mass is 9.88. The van der Waals surface area contributed by atoms with Crippen LogP contribution in [0, 0.1) is 0 Å². The Labute approximate surface area is 198 Å². The topological polar surface area (TPSA) is 44.7 Å². The third kappa shape index (κ3) is 5.38. The number of ether oxygens (including phenoxy) is 1. The zero-order valence-corrected chi connectivity index (χ0v) is 19.5. The van der Waals surface area contributed by atoms with Crippen LogP contribution in [0.15, 0.2) is 102 Å². The van der Waals surface area contributed by atoms with Gasteiger partial charge in [-0.15, -0.1) is 0 Å². The third-order valence-electron chi connectivity index (χ3n) is 6.11. The Balaban J connectivity index is 1.19. The molecule has 33 heavy (non-hydrogen) atoms. The number of aliphatic hydroxyl groups excluding tert-OH is 1. The largest absolute Gasteiger partial charge is 0.489 e. The molecule has 0 fully saturated rings. The van der Waals surface area contributed by atoms with E-state index in [1.165, 1.54) is 16.0 Å². The van der Waals surface area contributed by atoms with Gasteiger partial charge in [-0.1, -0.05) is 71.3 Å². The summed E-state index contributed by atoms with van der Waals surface area (Å²) in [7, 11) is -0.259. The summed E-state index contributed by atoms with van der Waals surface area (Å²) in [6, 6.07) is 29.9. The third-order valence-corrected chi connectivity index (χ3v) is 8.06. The molecule has 5 heteroatoms. The van der Waals surface area contributed by atoms with Crippen molar-refractivity contribution in [3.05, 3.63) is 108 Å². The highest BCUT2D eigenvalue weighted by molar-refractivity contribution is 8.16. The quantitative estimate of drug-likeness (QED) is 0.471. The van der Waals surface area contributed by atoms with Crippen molar-refractivity contribution in [1.29, 1.82) is 0 Å². The summed E-state index contributed by atoms with van der Waals surface area (Å²) in [4.78, 5) is 1.23. The molecule has 0 radical (unpaired) electrons. The first-order valence-electron chi connectivity index (χ1n) is 11.6. The predicted molar refractivity (Wildman–Crippen MR) is 138 cm³/mol. The Kier molecular flexibility index (Phi) is 6.91. The van der Waals surface area contributed by atoms with Crippen LogP contribution in [0.5, 0.6) is 0 Å². The van der Waals surface area contributed by atoms with E-state index in [4.69, 9.17) is 4.74 Å². The average molecular weight is 459 g/mol. The molecular formula is C28H30N2O2S. The summed E-state index contributed by atoms with van der Waals surface area (Å²) >= 11 is 0. The highest BCUT2D eigenvalue weighted by Crippen LogP contribution is 2.39. The summed E-state index contributed by atoms with van der Waals surface area (Å²) in [6.07, 6.45) is 4.72. The van der Waals surface area contributed by atoms with Crippen molar-refractivity contribution in [2.24, 2.45) is 0 Å². The van der Waals surface area contributed by atoms with Gasteiger partial charge in [-0.05, 0) is 54.7 Å². The molecule has 0 aromatic heterocycles.